The topological polar surface area (TPSA) is 15.3 Å². The number of nitrogens with zero attached hydrogens (tertiary/aromatic N) is 1. The van der Waals surface area contributed by atoms with Gasteiger partial charge in [0, 0.05) is 25.3 Å². The van der Waals surface area contributed by atoms with Crippen LogP contribution in [0.15, 0.2) is 18.2 Å². The monoisotopic (exact) mass is 274 g/mol. The van der Waals surface area contributed by atoms with E-state index in [1.165, 1.54) is 49.2 Å². The molecule has 0 radical (unpaired) electrons. The maximum absolute atomic E-state index is 3.40. The van der Waals surface area contributed by atoms with Gasteiger partial charge < -0.3 is 10.2 Å². The zero-order valence-corrected chi connectivity index (χ0v) is 13.6. The summed E-state index contributed by atoms with van der Waals surface area (Å²) in [6, 6.07) is 6.95. The minimum Gasteiger partial charge on any atom is -0.371 e. The van der Waals surface area contributed by atoms with Crippen LogP contribution in [0, 0.1) is 12.3 Å². The largest absolute Gasteiger partial charge is 0.371 e. The quantitative estimate of drug-likeness (QED) is 0.839. The smallest absolute Gasteiger partial charge is 0.0396 e. The summed E-state index contributed by atoms with van der Waals surface area (Å²) in [6.45, 7) is 13.6. The van der Waals surface area contributed by atoms with Gasteiger partial charge in [0.05, 0.1) is 0 Å². The summed E-state index contributed by atoms with van der Waals surface area (Å²) in [4.78, 5) is 2.60. The first-order chi connectivity index (χ1) is 9.64. The van der Waals surface area contributed by atoms with Crippen molar-refractivity contribution >= 4 is 5.69 Å². The Morgan fingerprint density at radius 2 is 1.95 bits per heavy atom. The van der Waals surface area contributed by atoms with Crippen molar-refractivity contribution in [3.05, 3.63) is 29.3 Å². The van der Waals surface area contributed by atoms with E-state index >= 15 is 0 Å². The molecule has 2 heteroatoms. The molecular formula is C18H30N2. The highest BCUT2D eigenvalue weighted by molar-refractivity contribution is 5.55. The number of hydrogen-bond acceptors (Lipinski definition) is 2. The Hall–Kier alpha value is -1.02. The Morgan fingerprint density at radius 1 is 1.20 bits per heavy atom. The van der Waals surface area contributed by atoms with Crippen molar-refractivity contribution in [3.8, 4) is 0 Å². The molecule has 1 N–H and O–H groups in total. The van der Waals surface area contributed by atoms with Crippen molar-refractivity contribution in [1.82, 2.24) is 5.32 Å². The lowest BCUT2D eigenvalue weighted by Crippen LogP contribution is -2.26. The van der Waals surface area contributed by atoms with Crippen LogP contribution in [0.5, 0.6) is 0 Å². The lowest BCUT2D eigenvalue weighted by atomic mass is 9.82. The molecule has 0 unspecified atom stereocenters. The normalized spacial score (nSPS) is 17.7. The molecule has 1 aliphatic heterocycles. The molecule has 1 aliphatic rings. The number of nitrogens with one attached hydrogen (secondary N) is 1. The average molecular weight is 274 g/mol. The second kappa shape index (κ2) is 6.62. The van der Waals surface area contributed by atoms with Crippen LogP contribution in [-0.2, 0) is 6.54 Å². The van der Waals surface area contributed by atoms with Crippen molar-refractivity contribution in [3.63, 3.8) is 0 Å². The number of aryl methyl sites for hydroxylation is 1. The van der Waals surface area contributed by atoms with Gasteiger partial charge in [-0.3, -0.25) is 0 Å². The molecule has 1 aromatic rings. The van der Waals surface area contributed by atoms with E-state index in [-0.39, 0.29) is 0 Å². The van der Waals surface area contributed by atoms with Crippen LogP contribution in [0.4, 0.5) is 5.69 Å². The number of rotatable bonds is 6. The van der Waals surface area contributed by atoms with Gasteiger partial charge in [-0.15, -0.1) is 0 Å². The fourth-order valence-electron chi connectivity index (χ4n) is 3.42. The third-order valence-corrected chi connectivity index (χ3v) is 5.12. The minimum absolute atomic E-state index is 0.550. The predicted octanol–water partition coefficient (Wildman–Crippen LogP) is 4.12. The highest BCUT2D eigenvalue weighted by atomic mass is 15.2. The first kappa shape index (κ1) is 15.4. The Balaban J connectivity index is 2.10. The maximum Gasteiger partial charge on any atom is 0.0396 e. The van der Waals surface area contributed by atoms with Gasteiger partial charge in [0.2, 0.25) is 0 Å². The molecule has 0 atom stereocenters. The fraction of sp³-hybridized carbons (Fsp3) is 0.667. The first-order valence-corrected chi connectivity index (χ1v) is 8.19. The lowest BCUT2D eigenvalue weighted by Gasteiger charge is -2.28. The number of hydrogen-bond donors (Lipinski definition) is 1. The second-order valence-corrected chi connectivity index (χ2v) is 6.28. The zero-order valence-electron chi connectivity index (χ0n) is 13.6. The summed E-state index contributed by atoms with van der Waals surface area (Å²) >= 11 is 0. The van der Waals surface area contributed by atoms with E-state index in [2.05, 4.69) is 56.1 Å². The van der Waals surface area contributed by atoms with E-state index in [4.69, 9.17) is 0 Å². The molecule has 0 amide bonds. The molecular weight excluding hydrogens is 244 g/mol. The lowest BCUT2D eigenvalue weighted by molar-refractivity contribution is 0.301. The van der Waals surface area contributed by atoms with Crippen molar-refractivity contribution in [2.75, 3.05) is 24.5 Å². The molecule has 0 spiro atoms. The van der Waals surface area contributed by atoms with E-state index in [1.807, 2.05) is 0 Å². The summed E-state index contributed by atoms with van der Waals surface area (Å²) in [7, 11) is 0. The zero-order chi connectivity index (χ0) is 14.6. The Labute approximate surface area is 124 Å². The maximum atomic E-state index is 3.40. The Morgan fingerprint density at radius 3 is 2.50 bits per heavy atom. The van der Waals surface area contributed by atoms with Gasteiger partial charge >= 0.3 is 0 Å². The predicted molar refractivity (Wildman–Crippen MR) is 88.4 cm³/mol. The van der Waals surface area contributed by atoms with Gasteiger partial charge in [0.15, 0.2) is 0 Å². The number of benzene rings is 1. The van der Waals surface area contributed by atoms with Gasteiger partial charge in [-0.05, 0) is 55.3 Å². The molecule has 2 rings (SSSR count). The number of anilines is 1. The molecule has 1 saturated heterocycles. The minimum atomic E-state index is 0.550. The average Bonchev–Trinajstić information content (AvgIpc) is 2.90. The molecule has 1 heterocycles. The molecule has 0 saturated carbocycles. The summed E-state index contributed by atoms with van der Waals surface area (Å²) in [6.07, 6.45) is 3.95. The van der Waals surface area contributed by atoms with Gasteiger partial charge in [-0.1, -0.05) is 32.9 Å². The van der Waals surface area contributed by atoms with Gasteiger partial charge in [0.1, 0.15) is 0 Å². The van der Waals surface area contributed by atoms with Crippen LogP contribution in [-0.4, -0.2) is 19.6 Å². The first-order valence-electron chi connectivity index (χ1n) is 8.19. The Kier molecular flexibility index (Phi) is 5.09. The summed E-state index contributed by atoms with van der Waals surface area (Å²) in [5.41, 5.74) is 4.80. The summed E-state index contributed by atoms with van der Waals surface area (Å²) < 4.78 is 0. The molecule has 112 valence electrons. The Bertz CT molecular complexity index is 435. The van der Waals surface area contributed by atoms with Gasteiger partial charge in [-0.25, -0.2) is 0 Å². The van der Waals surface area contributed by atoms with E-state index in [1.54, 1.807) is 0 Å². The van der Waals surface area contributed by atoms with Crippen molar-refractivity contribution < 1.29 is 0 Å². The highest BCUT2D eigenvalue weighted by Gasteiger charge is 2.35. The molecule has 1 fully saturated rings. The molecule has 0 aliphatic carbocycles. The standard InChI is InChI=1S/C18H30N2/c1-5-18(6-2)10-11-20(14-18)17-9-8-16(12-15(17)4)13-19-7-3/h8-9,12,19H,5-7,10-11,13-14H2,1-4H3. The molecule has 20 heavy (non-hydrogen) atoms. The van der Waals surface area contributed by atoms with Crippen LogP contribution >= 0.6 is 0 Å². The van der Waals surface area contributed by atoms with E-state index in [9.17, 15) is 0 Å². The third-order valence-electron chi connectivity index (χ3n) is 5.12. The van der Waals surface area contributed by atoms with Crippen molar-refractivity contribution in [2.45, 2.75) is 53.5 Å². The van der Waals surface area contributed by atoms with Gasteiger partial charge in [-0.2, -0.15) is 0 Å². The van der Waals surface area contributed by atoms with Crippen LogP contribution in [0.3, 0.4) is 0 Å². The van der Waals surface area contributed by atoms with Crippen LogP contribution in [0.2, 0.25) is 0 Å². The summed E-state index contributed by atoms with van der Waals surface area (Å²) in [5, 5.41) is 3.40. The SMILES string of the molecule is CCNCc1ccc(N2CCC(CC)(CC)C2)c(C)c1. The highest BCUT2D eigenvalue weighted by Crippen LogP contribution is 2.39. The molecule has 0 aromatic heterocycles. The van der Waals surface area contributed by atoms with Gasteiger partial charge in [0.25, 0.3) is 0 Å². The van der Waals surface area contributed by atoms with Crippen molar-refractivity contribution in [2.24, 2.45) is 5.41 Å². The molecule has 2 nitrogen and oxygen atoms in total. The summed E-state index contributed by atoms with van der Waals surface area (Å²) in [5.74, 6) is 0. The van der Waals surface area contributed by atoms with Crippen LogP contribution in [0.1, 0.15) is 51.2 Å². The fourth-order valence-corrected chi connectivity index (χ4v) is 3.42. The molecule has 1 aromatic carbocycles. The second-order valence-electron chi connectivity index (χ2n) is 6.28. The van der Waals surface area contributed by atoms with Crippen LogP contribution in [0.25, 0.3) is 0 Å². The third kappa shape index (κ3) is 3.17. The van der Waals surface area contributed by atoms with E-state index in [0.29, 0.717) is 5.41 Å². The van der Waals surface area contributed by atoms with E-state index in [0.717, 1.165) is 13.1 Å². The van der Waals surface area contributed by atoms with Crippen molar-refractivity contribution in [1.29, 1.82) is 0 Å². The van der Waals surface area contributed by atoms with E-state index < -0.39 is 0 Å². The van der Waals surface area contributed by atoms with Crippen LogP contribution < -0.4 is 10.2 Å². The molecule has 0 bridgehead atoms.